The van der Waals surface area contributed by atoms with Crippen molar-refractivity contribution < 1.29 is 9.72 Å². The van der Waals surface area contributed by atoms with Gasteiger partial charge in [0.2, 0.25) is 5.91 Å². The summed E-state index contributed by atoms with van der Waals surface area (Å²) in [5.41, 5.74) is 0.451. The predicted molar refractivity (Wildman–Crippen MR) is 106 cm³/mol. The van der Waals surface area contributed by atoms with Gasteiger partial charge in [-0.25, -0.2) is 0 Å². The van der Waals surface area contributed by atoms with Crippen LogP contribution in [0.1, 0.15) is 38.5 Å². The summed E-state index contributed by atoms with van der Waals surface area (Å²) in [6.07, 6.45) is 7.65. The molecule has 1 saturated carbocycles. The smallest absolute Gasteiger partial charge is 0.292 e. The molecule has 1 aromatic carbocycles. The molecule has 7 nitrogen and oxygen atoms in total. The molecule has 0 heterocycles. The van der Waals surface area contributed by atoms with Crippen molar-refractivity contribution in [1.29, 1.82) is 0 Å². The number of nitro benzene ring substituents is 1. The van der Waals surface area contributed by atoms with E-state index in [2.05, 4.69) is 10.6 Å². The number of para-hydroxylation sites is 2. The van der Waals surface area contributed by atoms with Crippen LogP contribution in [0.2, 0.25) is 0 Å². The average molecular weight is 385 g/mol. The molecule has 0 radical (unpaired) electrons. The van der Waals surface area contributed by atoms with E-state index in [9.17, 15) is 14.9 Å². The van der Waals surface area contributed by atoms with Crippen molar-refractivity contribution in [1.82, 2.24) is 10.6 Å². The highest BCUT2D eigenvalue weighted by Gasteiger charge is 2.17. The first kappa shape index (κ1) is 22.2. The number of halogens is 1. The summed E-state index contributed by atoms with van der Waals surface area (Å²) in [5, 5.41) is 17.5. The quantitative estimate of drug-likeness (QED) is 0.311. The molecule has 26 heavy (non-hydrogen) atoms. The molecule has 0 bridgehead atoms. The van der Waals surface area contributed by atoms with Crippen molar-refractivity contribution in [2.75, 3.05) is 31.6 Å². The van der Waals surface area contributed by atoms with Crippen LogP contribution in [0.25, 0.3) is 0 Å². The molecule has 2 rings (SSSR count). The zero-order chi connectivity index (χ0) is 18.1. The number of benzene rings is 1. The lowest BCUT2D eigenvalue weighted by molar-refractivity contribution is -0.384. The molecule has 1 fully saturated rings. The first-order valence-corrected chi connectivity index (χ1v) is 9.02. The van der Waals surface area contributed by atoms with Crippen LogP contribution >= 0.6 is 12.4 Å². The number of carbonyl (C=O) groups is 1. The second-order valence-corrected chi connectivity index (χ2v) is 6.59. The van der Waals surface area contributed by atoms with Gasteiger partial charge in [0.05, 0.1) is 11.5 Å². The lowest BCUT2D eigenvalue weighted by atomic mass is 10.1. The van der Waals surface area contributed by atoms with Gasteiger partial charge in [-0.2, -0.15) is 0 Å². The molecule has 0 aromatic heterocycles. The number of carbonyl (C=O) groups excluding carboxylic acids is 1. The van der Waals surface area contributed by atoms with Crippen molar-refractivity contribution >= 4 is 29.7 Å². The minimum Gasteiger partial charge on any atom is -0.360 e. The van der Waals surface area contributed by atoms with E-state index in [1.165, 1.54) is 44.6 Å². The highest BCUT2D eigenvalue weighted by Crippen LogP contribution is 2.26. The van der Waals surface area contributed by atoms with Crippen LogP contribution < -0.4 is 15.5 Å². The summed E-state index contributed by atoms with van der Waals surface area (Å²) in [4.78, 5) is 24.3. The van der Waals surface area contributed by atoms with Crippen LogP contribution in [0.5, 0.6) is 0 Å². The van der Waals surface area contributed by atoms with Gasteiger partial charge in [-0.1, -0.05) is 37.8 Å². The summed E-state index contributed by atoms with van der Waals surface area (Å²) >= 11 is 0. The van der Waals surface area contributed by atoms with Crippen molar-refractivity contribution in [2.24, 2.45) is 0 Å². The number of rotatable bonds is 8. The topological polar surface area (TPSA) is 87.5 Å². The van der Waals surface area contributed by atoms with Gasteiger partial charge >= 0.3 is 0 Å². The molecule has 0 spiro atoms. The number of nitrogens with zero attached hydrogens (tertiary/aromatic N) is 2. The summed E-state index contributed by atoms with van der Waals surface area (Å²) in [6, 6.07) is 7.01. The fraction of sp³-hybridized carbons (Fsp3) is 0.611. The minimum atomic E-state index is -0.430. The number of hydrogen-bond donors (Lipinski definition) is 2. The maximum Gasteiger partial charge on any atom is 0.292 e. The highest BCUT2D eigenvalue weighted by atomic mass is 35.5. The molecule has 0 aliphatic heterocycles. The van der Waals surface area contributed by atoms with Gasteiger partial charge in [-0.3, -0.25) is 14.9 Å². The van der Waals surface area contributed by atoms with Crippen LogP contribution in [0, 0.1) is 10.1 Å². The third-order valence-corrected chi connectivity index (χ3v) is 4.61. The fourth-order valence-corrected chi connectivity index (χ4v) is 3.26. The molecular formula is C18H29ClN4O3. The molecule has 0 unspecified atom stereocenters. The van der Waals surface area contributed by atoms with Crippen LogP contribution in [0.3, 0.4) is 0 Å². The lowest BCUT2D eigenvalue weighted by Gasteiger charge is -2.19. The monoisotopic (exact) mass is 384 g/mol. The number of nitro groups is 1. The Labute approximate surface area is 161 Å². The van der Waals surface area contributed by atoms with E-state index in [4.69, 9.17) is 0 Å². The fourth-order valence-electron chi connectivity index (χ4n) is 3.26. The van der Waals surface area contributed by atoms with Gasteiger partial charge < -0.3 is 15.5 Å². The molecule has 1 aromatic rings. The van der Waals surface area contributed by atoms with Gasteiger partial charge in [0.25, 0.3) is 5.69 Å². The van der Waals surface area contributed by atoms with E-state index in [0.717, 1.165) is 6.54 Å². The molecule has 0 saturated heterocycles. The third-order valence-electron chi connectivity index (χ3n) is 4.61. The second-order valence-electron chi connectivity index (χ2n) is 6.59. The summed E-state index contributed by atoms with van der Waals surface area (Å²) < 4.78 is 0. The zero-order valence-corrected chi connectivity index (χ0v) is 16.1. The standard InChI is InChI=1S/C18H28N4O3.ClH/c1-21(16-10-6-7-11-17(16)22(24)25)14-18(23)20-13-12-19-15-8-4-2-3-5-9-15;/h6-7,10-11,15,19H,2-5,8-9,12-14H2,1H3,(H,20,23);1H. The van der Waals surface area contributed by atoms with E-state index in [1.54, 1.807) is 30.1 Å². The Balaban J connectivity index is 0.00000338. The molecule has 1 amide bonds. The number of nitrogens with one attached hydrogen (secondary N) is 2. The Kier molecular flexibility index (Phi) is 9.98. The lowest BCUT2D eigenvalue weighted by Crippen LogP contribution is -2.40. The molecule has 1 aliphatic carbocycles. The van der Waals surface area contributed by atoms with Gasteiger partial charge in [0, 0.05) is 32.2 Å². The Morgan fingerprint density at radius 2 is 1.85 bits per heavy atom. The van der Waals surface area contributed by atoms with Crippen molar-refractivity contribution in [3.8, 4) is 0 Å². The third kappa shape index (κ3) is 7.17. The second kappa shape index (κ2) is 11.7. The van der Waals surface area contributed by atoms with E-state index >= 15 is 0 Å². The summed E-state index contributed by atoms with van der Waals surface area (Å²) in [7, 11) is 1.69. The van der Waals surface area contributed by atoms with Crippen molar-refractivity contribution in [3.63, 3.8) is 0 Å². The first-order valence-electron chi connectivity index (χ1n) is 9.02. The number of anilines is 1. The summed E-state index contributed by atoms with van der Waals surface area (Å²) in [6.45, 7) is 1.42. The van der Waals surface area contributed by atoms with E-state index in [1.807, 2.05) is 0 Å². The maximum atomic E-state index is 12.1. The largest absolute Gasteiger partial charge is 0.360 e. The number of amides is 1. The van der Waals surface area contributed by atoms with Crippen LogP contribution in [0.15, 0.2) is 24.3 Å². The molecule has 0 atom stereocenters. The highest BCUT2D eigenvalue weighted by molar-refractivity contribution is 5.85. The van der Waals surface area contributed by atoms with Crippen LogP contribution in [0.4, 0.5) is 11.4 Å². The van der Waals surface area contributed by atoms with Gasteiger partial charge in [-0.15, -0.1) is 12.4 Å². The Bertz CT molecular complexity index is 577. The average Bonchev–Trinajstić information content (AvgIpc) is 2.87. The van der Waals surface area contributed by atoms with E-state index in [-0.39, 0.29) is 30.5 Å². The Morgan fingerprint density at radius 3 is 2.50 bits per heavy atom. The molecule has 146 valence electrons. The zero-order valence-electron chi connectivity index (χ0n) is 15.3. The number of hydrogen-bond acceptors (Lipinski definition) is 5. The van der Waals surface area contributed by atoms with Crippen LogP contribution in [-0.4, -0.2) is 43.6 Å². The minimum absolute atomic E-state index is 0. The van der Waals surface area contributed by atoms with E-state index in [0.29, 0.717) is 18.3 Å². The molecule has 1 aliphatic rings. The van der Waals surface area contributed by atoms with Crippen LogP contribution in [-0.2, 0) is 4.79 Å². The predicted octanol–water partition coefficient (Wildman–Crippen LogP) is 2.88. The van der Waals surface area contributed by atoms with Crippen molar-refractivity contribution in [2.45, 2.75) is 44.6 Å². The number of likely N-dealkylation sites (N-methyl/N-ethyl adjacent to an activating group) is 1. The van der Waals surface area contributed by atoms with E-state index < -0.39 is 4.92 Å². The molecular weight excluding hydrogens is 356 g/mol. The normalized spacial score (nSPS) is 14.8. The summed E-state index contributed by atoms with van der Waals surface area (Å²) in [5.74, 6) is -0.136. The molecule has 8 heteroatoms. The Hall–Kier alpha value is -1.86. The molecule has 2 N–H and O–H groups in total. The maximum absolute atomic E-state index is 12.1. The van der Waals surface area contributed by atoms with Gasteiger partial charge in [-0.05, 0) is 18.9 Å². The SMILES string of the molecule is CN(CC(=O)NCCNC1CCCCCC1)c1ccccc1[N+](=O)[O-].Cl. The van der Waals surface area contributed by atoms with Crippen molar-refractivity contribution in [3.05, 3.63) is 34.4 Å². The van der Waals surface area contributed by atoms with Gasteiger partial charge in [0.1, 0.15) is 5.69 Å². The Morgan fingerprint density at radius 1 is 1.19 bits per heavy atom. The van der Waals surface area contributed by atoms with Gasteiger partial charge in [0.15, 0.2) is 0 Å². The first-order chi connectivity index (χ1) is 12.1.